The summed E-state index contributed by atoms with van der Waals surface area (Å²) in [5.41, 5.74) is 1.45. The van der Waals surface area contributed by atoms with Crippen molar-refractivity contribution in [2.24, 2.45) is 10.9 Å². The van der Waals surface area contributed by atoms with Gasteiger partial charge in [-0.25, -0.2) is 0 Å². The molecule has 0 aliphatic carbocycles. The summed E-state index contributed by atoms with van der Waals surface area (Å²) < 4.78 is 0. The lowest BCUT2D eigenvalue weighted by Crippen LogP contribution is -1.95. The summed E-state index contributed by atoms with van der Waals surface area (Å²) in [4.78, 5) is 10.6. The number of nitrogens with two attached hydrogens (primary N) is 1. The molecule has 0 saturated heterocycles. The Morgan fingerprint density at radius 3 is 2.92 bits per heavy atom. The second kappa shape index (κ2) is 4.62. The Morgan fingerprint density at radius 1 is 1.54 bits per heavy atom. The van der Waals surface area contributed by atoms with E-state index in [4.69, 9.17) is 17.4 Å². The van der Waals surface area contributed by atoms with E-state index in [2.05, 4.69) is 5.10 Å². The Kier molecular flexibility index (Phi) is 3.46. The first-order chi connectivity index (χ1) is 6.27. The fourth-order valence-corrected chi connectivity index (χ4v) is 1.21. The summed E-state index contributed by atoms with van der Waals surface area (Å²) in [5, 5.41) is 3.95. The quantitative estimate of drug-likeness (QED) is 0.346. The number of rotatable bonds is 3. The standard InChI is InChI=1S/C9H9ClN2O/c10-9-2-1-8(6-13)7(5-9)3-4-12-11/h1-2,4-6H,3,11H2/b12-4-. The van der Waals surface area contributed by atoms with Crippen LogP contribution in [0.25, 0.3) is 0 Å². The number of hydrogen-bond acceptors (Lipinski definition) is 3. The normalized spacial score (nSPS) is 10.5. The van der Waals surface area contributed by atoms with Crippen molar-refractivity contribution < 1.29 is 4.79 Å². The van der Waals surface area contributed by atoms with Crippen molar-refractivity contribution in [1.82, 2.24) is 0 Å². The zero-order valence-corrected chi connectivity index (χ0v) is 7.66. The van der Waals surface area contributed by atoms with Crippen molar-refractivity contribution in [1.29, 1.82) is 0 Å². The third-order valence-corrected chi connectivity index (χ3v) is 1.88. The molecule has 0 aliphatic heterocycles. The van der Waals surface area contributed by atoms with Crippen molar-refractivity contribution in [3.63, 3.8) is 0 Å². The molecule has 0 saturated carbocycles. The lowest BCUT2D eigenvalue weighted by Gasteiger charge is -2.00. The van der Waals surface area contributed by atoms with E-state index in [1.807, 2.05) is 0 Å². The third-order valence-electron chi connectivity index (χ3n) is 1.65. The van der Waals surface area contributed by atoms with E-state index in [9.17, 15) is 4.79 Å². The van der Waals surface area contributed by atoms with Crippen LogP contribution in [-0.2, 0) is 6.42 Å². The highest BCUT2D eigenvalue weighted by molar-refractivity contribution is 6.30. The number of benzene rings is 1. The number of hydrazone groups is 1. The second-order valence-corrected chi connectivity index (χ2v) is 2.93. The summed E-state index contributed by atoms with van der Waals surface area (Å²) in [7, 11) is 0. The summed E-state index contributed by atoms with van der Waals surface area (Å²) >= 11 is 5.76. The number of aldehydes is 1. The van der Waals surface area contributed by atoms with E-state index in [1.165, 1.54) is 6.21 Å². The van der Waals surface area contributed by atoms with Crippen molar-refractivity contribution in [2.75, 3.05) is 0 Å². The van der Waals surface area contributed by atoms with Crippen LogP contribution in [0.3, 0.4) is 0 Å². The first kappa shape index (κ1) is 9.74. The minimum Gasteiger partial charge on any atom is -0.324 e. The highest BCUT2D eigenvalue weighted by Gasteiger charge is 2.00. The maximum Gasteiger partial charge on any atom is 0.150 e. The van der Waals surface area contributed by atoms with Crippen LogP contribution in [0.15, 0.2) is 23.3 Å². The molecule has 0 amide bonds. The smallest absolute Gasteiger partial charge is 0.150 e. The molecule has 68 valence electrons. The molecule has 0 aromatic heterocycles. The first-order valence-corrected chi connectivity index (χ1v) is 4.11. The molecule has 0 bridgehead atoms. The van der Waals surface area contributed by atoms with Crippen LogP contribution in [0.1, 0.15) is 15.9 Å². The number of carbonyl (C=O) groups excluding carboxylic acids is 1. The molecular formula is C9H9ClN2O. The minimum absolute atomic E-state index is 0.519. The summed E-state index contributed by atoms with van der Waals surface area (Å²) in [6, 6.07) is 5.08. The summed E-state index contributed by atoms with van der Waals surface area (Å²) in [6.07, 6.45) is 2.83. The van der Waals surface area contributed by atoms with Crippen LogP contribution in [-0.4, -0.2) is 12.5 Å². The maximum absolute atomic E-state index is 10.6. The van der Waals surface area contributed by atoms with E-state index in [1.54, 1.807) is 18.2 Å². The van der Waals surface area contributed by atoms with Crippen LogP contribution in [0, 0.1) is 0 Å². The second-order valence-electron chi connectivity index (χ2n) is 2.50. The van der Waals surface area contributed by atoms with Gasteiger partial charge in [-0.1, -0.05) is 11.6 Å². The maximum atomic E-state index is 10.6. The van der Waals surface area contributed by atoms with E-state index in [-0.39, 0.29) is 0 Å². The Hall–Kier alpha value is -1.35. The molecule has 0 fully saturated rings. The predicted octanol–water partition coefficient (Wildman–Crippen LogP) is 1.64. The van der Waals surface area contributed by atoms with Crippen molar-refractivity contribution in [3.05, 3.63) is 34.3 Å². The van der Waals surface area contributed by atoms with Gasteiger partial charge in [0.25, 0.3) is 0 Å². The summed E-state index contributed by atoms with van der Waals surface area (Å²) in [6.45, 7) is 0. The van der Waals surface area contributed by atoms with Gasteiger partial charge in [0, 0.05) is 23.2 Å². The van der Waals surface area contributed by atoms with Gasteiger partial charge in [-0.3, -0.25) is 4.79 Å². The van der Waals surface area contributed by atoms with Gasteiger partial charge >= 0.3 is 0 Å². The Morgan fingerprint density at radius 2 is 2.31 bits per heavy atom. The van der Waals surface area contributed by atoms with Gasteiger partial charge in [-0.15, -0.1) is 0 Å². The molecule has 1 aromatic carbocycles. The average molecular weight is 197 g/mol. The highest BCUT2D eigenvalue weighted by atomic mass is 35.5. The van der Waals surface area contributed by atoms with E-state index in [0.717, 1.165) is 11.8 Å². The zero-order valence-electron chi connectivity index (χ0n) is 6.90. The van der Waals surface area contributed by atoms with Crippen molar-refractivity contribution in [2.45, 2.75) is 6.42 Å². The molecule has 0 atom stereocenters. The van der Waals surface area contributed by atoms with Gasteiger partial charge in [0.2, 0.25) is 0 Å². The van der Waals surface area contributed by atoms with Gasteiger partial charge in [-0.05, 0) is 23.8 Å². The van der Waals surface area contributed by atoms with Crippen LogP contribution in [0.2, 0.25) is 5.02 Å². The van der Waals surface area contributed by atoms with Crippen LogP contribution in [0.4, 0.5) is 0 Å². The molecular weight excluding hydrogens is 188 g/mol. The fraction of sp³-hybridized carbons (Fsp3) is 0.111. The average Bonchev–Trinajstić information content (AvgIpc) is 2.15. The molecule has 3 nitrogen and oxygen atoms in total. The lowest BCUT2D eigenvalue weighted by atomic mass is 10.1. The van der Waals surface area contributed by atoms with Gasteiger partial charge in [0.15, 0.2) is 0 Å². The fourth-order valence-electron chi connectivity index (χ4n) is 1.02. The molecule has 0 heterocycles. The molecule has 1 aromatic rings. The summed E-state index contributed by atoms with van der Waals surface area (Å²) in [5.74, 6) is 4.95. The largest absolute Gasteiger partial charge is 0.324 e. The van der Waals surface area contributed by atoms with Crippen molar-refractivity contribution in [3.8, 4) is 0 Å². The first-order valence-electron chi connectivity index (χ1n) is 3.73. The number of halogens is 1. The highest BCUT2D eigenvalue weighted by Crippen LogP contribution is 2.14. The topological polar surface area (TPSA) is 55.4 Å². The Balaban J connectivity index is 3.00. The number of carbonyl (C=O) groups is 1. The monoisotopic (exact) mass is 196 g/mol. The molecule has 13 heavy (non-hydrogen) atoms. The van der Waals surface area contributed by atoms with Gasteiger partial charge < -0.3 is 5.84 Å². The Labute approximate surface area is 81.2 Å². The van der Waals surface area contributed by atoms with Gasteiger partial charge in [0.05, 0.1) is 0 Å². The van der Waals surface area contributed by atoms with E-state index < -0.39 is 0 Å². The van der Waals surface area contributed by atoms with E-state index in [0.29, 0.717) is 17.0 Å². The number of hydrogen-bond donors (Lipinski definition) is 1. The molecule has 4 heteroatoms. The molecule has 1 rings (SSSR count). The van der Waals surface area contributed by atoms with E-state index >= 15 is 0 Å². The van der Waals surface area contributed by atoms with Crippen LogP contribution in [0.5, 0.6) is 0 Å². The lowest BCUT2D eigenvalue weighted by molar-refractivity contribution is 0.112. The molecule has 0 aliphatic rings. The van der Waals surface area contributed by atoms with Crippen molar-refractivity contribution >= 4 is 24.1 Å². The predicted molar refractivity (Wildman–Crippen MR) is 53.2 cm³/mol. The molecule has 2 N–H and O–H groups in total. The molecule has 0 radical (unpaired) electrons. The molecule has 0 spiro atoms. The molecule has 0 unspecified atom stereocenters. The number of nitrogens with zero attached hydrogens (tertiary/aromatic N) is 1. The minimum atomic E-state index is 0.519. The third kappa shape index (κ3) is 2.56. The zero-order chi connectivity index (χ0) is 9.68. The Bertz CT molecular complexity index is 336. The van der Waals surface area contributed by atoms with Gasteiger partial charge in [-0.2, -0.15) is 5.10 Å². The SMILES string of the molecule is N/N=C\Cc1cc(Cl)ccc1C=O. The van der Waals surface area contributed by atoms with Crippen LogP contribution < -0.4 is 5.84 Å². The van der Waals surface area contributed by atoms with Crippen LogP contribution >= 0.6 is 11.6 Å². The van der Waals surface area contributed by atoms with Gasteiger partial charge in [0.1, 0.15) is 6.29 Å².